The van der Waals surface area contributed by atoms with Crippen LogP contribution in [0.15, 0.2) is 29.3 Å². The molecule has 0 radical (unpaired) electrons. The summed E-state index contributed by atoms with van der Waals surface area (Å²) in [4.78, 5) is 6.83. The van der Waals surface area contributed by atoms with Gasteiger partial charge in [0.1, 0.15) is 0 Å². The molecule has 1 aromatic rings. The third-order valence-electron chi connectivity index (χ3n) is 4.22. The van der Waals surface area contributed by atoms with E-state index in [0.717, 1.165) is 43.9 Å². The van der Waals surface area contributed by atoms with Crippen LogP contribution in [0.4, 0.5) is 13.2 Å². The number of benzene rings is 1. The fourth-order valence-corrected chi connectivity index (χ4v) is 2.90. The van der Waals surface area contributed by atoms with Gasteiger partial charge < -0.3 is 15.4 Å². The Morgan fingerprint density at radius 3 is 2.19 bits per heavy atom. The second kappa shape index (κ2) is 9.78. The standard InChI is InChI=1S/C18H27F3N4O/c1-3-22-17(23-4-2)24-13-16(25-9-11-26-12-10-25)14-5-7-15(8-6-14)18(19,20)21/h5-8,16H,3-4,9-13H2,1-2H3,(H2,22,23,24). The maximum absolute atomic E-state index is 12.8. The van der Waals surface area contributed by atoms with Crippen molar-refractivity contribution in [1.82, 2.24) is 15.5 Å². The number of nitrogens with zero attached hydrogens (tertiary/aromatic N) is 2. The molecule has 8 heteroatoms. The quantitative estimate of drug-likeness (QED) is 0.595. The van der Waals surface area contributed by atoms with E-state index in [2.05, 4.69) is 20.5 Å². The monoisotopic (exact) mass is 372 g/mol. The first-order valence-corrected chi connectivity index (χ1v) is 8.96. The van der Waals surface area contributed by atoms with Gasteiger partial charge in [-0.3, -0.25) is 9.89 Å². The topological polar surface area (TPSA) is 48.9 Å². The summed E-state index contributed by atoms with van der Waals surface area (Å²) in [6.07, 6.45) is -4.32. The van der Waals surface area contributed by atoms with Gasteiger partial charge in [0.25, 0.3) is 0 Å². The number of alkyl halides is 3. The third-order valence-corrected chi connectivity index (χ3v) is 4.22. The van der Waals surface area contributed by atoms with E-state index in [1.54, 1.807) is 12.1 Å². The van der Waals surface area contributed by atoms with Gasteiger partial charge in [-0.05, 0) is 31.5 Å². The number of halogens is 3. The molecule has 0 aromatic heterocycles. The van der Waals surface area contributed by atoms with Crippen LogP contribution in [0.3, 0.4) is 0 Å². The molecule has 1 unspecified atom stereocenters. The summed E-state index contributed by atoms with van der Waals surface area (Å²) in [7, 11) is 0. The van der Waals surface area contributed by atoms with Crippen LogP contribution < -0.4 is 10.6 Å². The number of guanidine groups is 1. The van der Waals surface area contributed by atoms with Gasteiger partial charge in [-0.1, -0.05) is 12.1 Å². The molecule has 1 fully saturated rings. The maximum Gasteiger partial charge on any atom is 0.416 e. The molecule has 5 nitrogen and oxygen atoms in total. The van der Waals surface area contributed by atoms with Gasteiger partial charge in [-0.2, -0.15) is 13.2 Å². The summed E-state index contributed by atoms with van der Waals surface area (Å²) >= 11 is 0. The molecule has 1 aliphatic heterocycles. The van der Waals surface area contributed by atoms with Crippen molar-refractivity contribution in [3.63, 3.8) is 0 Å². The Kier molecular flexibility index (Phi) is 7.71. The normalized spacial score (nSPS) is 16.8. The van der Waals surface area contributed by atoms with Crippen molar-refractivity contribution in [3.05, 3.63) is 35.4 Å². The number of nitrogens with one attached hydrogen (secondary N) is 2. The number of hydrogen-bond acceptors (Lipinski definition) is 3. The highest BCUT2D eigenvalue weighted by molar-refractivity contribution is 5.79. The second-order valence-electron chi connectivity index (χ2n) is 6.03. The molecule has 0 amide bonds. The van der Waals surface area contributed by atoms with Crippen molar-refractivity contribution in [1.29, 1.82) is 0 Å². The molecule has 26 heavy (non-hydrogen) atoms. The highest BCUT2D eigenvalue weighted by atomic mass is 19.4. The number of rotatable bonds is 6. The van der Waals surface area contributed by atoms with Crippen LogP contribution in [0.1, 0.15) is 31.0 Å². The van der Waals surface area contributed by atoms with Crippen LogP contribution in [0.5, 0.6) is 0 Å². The van der Waals surface area contributed by atoms with Crippen LogP contribution in [0, 0.1) is 0 Å². The summed E-state index contributed by atoms with van der Waals surface area (Å²) < 4.78 is 43.9. The Balaban J connectivity index is 2.21. The highest BCUT2D eigenvalue weighted by Crippen LogP contribution is 2.31. The van der Waals surface area contributed by atoms with Crippen molar-refractivity contribution in [2.45, 2.75) is 26.1 Å². The van der Waals surface area contributed by atoms with Crippen LogP contribution in [-0.2, 0) is 10.9 Å². The second-order valence-corrected chi connectivity index (χ2v) is 6.03. The fraction of sp³-hybridized carbons (Fsp3) is 0.611. The van der Waals surface area contributed by atoms with E-state index in [4.69, 9.17) is 4.74 Å². The zero-order valence-corrected chi connectivity index (χ0v) is 15.3. The summed E-state index contributed by atoms with van der Waals surface area (Å²) in [5.41, 5.74) is 0.197. The van der Waals surface area contributed by atoms with Crippen LogP contribution in [0.25, 0.3) is 0 Å². The molecule has 2 N–H and O–H groups in total. The smallest absolute Gasteiger partial charge is 0.379 e. The molecule has 2 rings (SSSR count). The number of morpholine rings is 1. The van der Waals surface area contributed by atoms with E-state index in [1.807, 2.05) is 13.8 Å². The van der Waals surface area contributed by atoms with E-state index in [1.165, 1.54) is 0 Å². The van der Waals surface area contributed by atoms with Gasteiger partial charge in [-0.25, -0.2) is 0 Å². The minimum atomic E-state index is -4.32. The molecule has 0 spiro atoms. The van der Waals surface area contributed by atoms with Gasteiger partial charge in [0.15, 0.2) is 5.96 Å². The van der Waals surface area contributed by atoms with E-state index in [0.29, 0.717) is 25.7 Å². The predicted molar refractivity (Wildman–Crippen MR) is 96.2 cm³/mol. The van der Waals surface area contributed by atoms with Crippen molar-refractivity contribution in [2.75, 3.05) is 45.9 Å². The first-order valence-electron chi connectivity index (χ1n) is 8.96. The number of ether oxygens (including phenoxy) is 1. The van der Waals surface area contributed by atoms with Crippen LogP contribution in [0.2, 0.25) is 0 Å². The summed E-state index contributed by atoms with van der Waals surface area (Å²) in [6.45, 7) is 8.63. The lowest BCUT2D eigenvalue weighted by atomic mass is 10.0. The Morgan fingerprint density at radius 2 is 1.69 bits per heavy atom. The summed E-state index contributed by atoms with van der Waals surface area (Å²) in [6, 6.07) is 5.30. The SMILES string of the molecule is CCNC(=NCC(c1ccc(C(F)(F)F)cc1)N1CCOCC1)NCC. The molecule has 0 bridgehead atoms. The summed E-state index contributed by atoms with van der Waals surface area (Å²) in [5.74, 6) is 0.708. The van der Waals surface area contributed by atoms with E-state index in [-0.39, 0.29) is 6.04 Å². The first kappa shape index (κ1) is 20.5. The Bertz CT molecular complexity index is 561. The van der Waals surface area contributed by atoms with Gasteiger partial charge in [-0.15, -0.1) is 0 Å². The third kappa shape index (κ3) is 5.88. The van der Waals surface area contributed by atoms with Crippen LogP contribution in [-0.4, -0.2) is 56.8 Å². The lowest BCUT2D eigenvalue weighted by Crippen LogP contribution is -2.41. The molecular weight excluding hydrogens is 345 g/mol. The Morgan fingerprint density at radius 1 is 1.12 bits per heavy atom. The minimum Gasteiger partial charge on any atom is -0.379 e. The number of hydrogen-bond donors (Lipinski definition) is 2. The van der Waals surface area contributed by atoms with Crippen LogP contribution >= 0.6 is 0 Å². The fourth-order valence-electron chi connectivity index (χ4n) is 2.90. The maximum atomic E-state index is 12.8. The molecule has 1 saturated heterocycles. The minimum absolute atomic E-state index is 0.0894. The van der Waals surface area contributed by atoms with E-state index in [9.17, 15) is 13.2 Å². The molecule has 1 aromatic carbocycles. The molecule has 1 aliphatic rings. The van der Waals surface area contributed by atoms with Crippen molar-refractivity contribution < 1.29 is 17.9 Å². The molecule has 146 valence electrons. The molecular formula is C18H27F3N4O. The largest absolute Gasteiger partial charge is 0.416 e. The van der Waals surface area contributed by atoms with E-state index < -0.39 is 11.7 Å². The zero-order chi connectivity index (χ0) is 19.0. The predicted octanol–water partition coefficient (Wildman–Crippen LogP) is 2.65. The zero-order valence-electron chi connectivity index (χ0n) is 15.3. The van der Waals surface area contributed by atoms with Gasteiger partial charge in [0, 0.05) is 26.2 Å². The summed E-state index contributed by atoms with van der Waals surface area (Å²) in [5, 5.41) is 6.34. The van der Waals surface area contributed by atoms with Crippen molar-refractivity contribution >= 4 is 5.96 Å². The Labute approximate surface area is 152 Å². The van der Waals surface area contributed by atoms with Gasteiger partial charge in [0.2, 0.25) is 0 Å². The molecule has 0 aliphatic carbocycles. The van der Waals surface area contributed by atoms with Gasteiger partial charge in [0.05, 0.1) is 31.4 Å². The lowest BCUT2D eigenvalue weighted by Gasteiger charge is -2.34. The average Bonchev–Trinajstić information content (AvgIpc) is 2.63. The van der Waals surface area contributed by atoms with Crippen molar-refractivity contribution in [3.8, 4) is 0 Å². The van der Waals surface area contributed by atoms with E-state index >= 15 is 0 Å². The van der Waals surface area contributed by atoms with Gasteiger partial charge >= 0.3 is 6.18 Å². The molecule has 1 atom stereocenters. The Hall–Kier alpha value is -1.80. The first-order chi connectivity index (χ1) is 12.5. The molecule has 1 heterocycles. The molecule has 0 saturated carbocycles. The highest BCUT2D eigenvalue weighted by Gasteiger charge is 2.31. The van der Waals surface area contributed by atoms with Crippen molar-refractivity contribution in [2.24, 2.45) is 4.99 Å². The lowest BCUT2D eigenvalue weighted by molar-refractivity contribution is -0.137. The number of aliphatic imine (C=N–C) groups is 1. The average molecular weight is 372 g/mol.